The largest absolute Gasteiger partial charge is 0.456 e. The molecular formula is C56H102F8N2O5. The fraction of sp³-hybridized carbons (Fsp3) is 0.946. The average Bonchev–Trinajstić information content (AvgIpc) is 3.32. The molecule has 2 atom stereocenters. The topological polar surface area (TPSA) is 76.2 Å². The Balaban J connectivity index is 5.20. The zero-order chi connectivity index (χ0) is 53.2. The van der Waals surface area contributed by atoms with Crippen molar-refractivity contribution < 1.29 is 59.0 Å². The summed E-state index contributed by atoms with van der Waals surface area (Å²) in [5.41, 5.74) is 0. The molecular weight excluding hydrogens is 933 g/mol. The number of esters is 2. The van der Waals surface area contributed by atoms with Crippen LogP contribution < -0.4 is 0 Å². The molecule has 0 saturated heterocycles. The van der Waals surface area contributed by atoms with E-state index in [1.54, 1.807) is 0 Å². The van der Waals surface area contributed by atoms with Crippen LogP contribution in [0.25, 0.3) is 0 Å². The Morgan fingerprint density at radius 1 is 0.394 bits per heavy atom. The fourth-order valence-electron chi connectivity index (χ4n) is 9.21. The number of halogens is 8. The summed E-state index contributed by atoms with van der Waals surface area (Å²) in [5.74, 6) is -10.3. The number of rotatable bonds is 51. The Morgan fingerprint density at radius 2 is 0.690 bits per heavy atom. The van der Waals surface area contributed by atoms with Gasteiger partial charge in [0.25, 0.3) is 0 Å². The van der Waals surface area contributed by atoms with Gasteiger partial charge in [-0.2, -0.15) is 17.6 Å². The van der Waals surface area contributed by atoms with Crippen LogP contribution in [0.1, 0.15) is 271 Å². The van der Waals surface area contributed by atoms with Crippen LogP contribution in [-0.4, -0.2) is 97.8 Å². The van der Waals surface area contributed by atoms with Gasteiger partial charge in [-0.3, -0.25) is 14.4 Å². The Labute approximate surface area is 426 Å². The van der Waals surface area contributed by atoms with E-state index in [0.717, 1.165) is 173 Å². The first-order chi connectivity index (χ1) is 33.9. The maximum atomic E-state index is 14.3. The monoisotopic (exact) mass is 1030 g/mol. The summed E-state index contributed by atoms with van der Waals surface area (Å²) in [7, 11) is 4.04. The summed E-state index contributed by atoms with van der Waals surface area (Å²) in [6, 6.07) is 0.0746. The van der Waals surface area contributed by atoms with Gasteiger partial charge in [0, 0.05) is 31.8 Å². The maximum Gasteiger partial charge on any atom is 0.343 e. The third kappa shape index (κ3) is 35.6. The second kappa shape index (κ2) is 44.1. The number of carbonyl (C=O) groups excluding carboxylic acids is 3. The summed E-state index contributed by atoms with van der Waals surface area (Å²) < 4.78 is 120. The van der Waals surface area contributed by atoms with Crippen LogP contribution in [0.15, 0.2) is 0 Å². The lowest BCUT2D eigenvalue weighted by molar-refractivity contribution is -0.211. The standard InChI is InChI=1S/C56H102F8N2O5/c1-6-9-12-15-17-26-32-40-48(55(61,62)53(57)58)70-51(68)43-35-28-21-19-24-30-38-47(66(46-37-45-65(4)5)50(67)42-34-23-14-11-8-3)39-31-25-20-22-29-36-44-52(69)71-49(56(63,64)54(59)60)41-33-27-18-16-13-10-7-2/h47-49,53-54H,6-46H2,1-5H3. The van der Waals surface area contributed by atoms with Gasteiger partial charge in [-0.25, -0.2) is 17.6 Å². The number of amides is 1. The molecule has 422 valence electrons. The van der Waals surface area contributed by atoms with Gasteiger partial charge in [0.1, 0.15) is 0 Å². The molecule has 71 heavy (non-hydrogen) atoms. The molecule has 7 nitrogen and oxygen atoms in total. The first-order valence-corrected chi connectivity index (χ1v) is 28.6. The lowest BCUT2D eigenvalue weighted by Gasteiger charge is -2.33. The predicted octanol–water partition coefficient (Wildman–Crippen LogP) is 17.6. The van der Waals surface area contributed by atoms with E-state index in [4.69, 9.17) is 9.47 Å². The average molecular weight is 1040 g/mol. The van der Waals surface area contributed by atoms with E-state index in [0.29, 0.717) is 64.3 Å². The van der Waals surface area contributed by atoms with Crippen molar-refractivity contribution in [3.8, 4) is 0 Å². The van der Waals surface area contributed by atoms with E-state index in [1.165, 1.54) is 0 Å². The lowest BCUT2D eigenvalue weighted by atomic mass is 9.97. The number of unbranched alkanes of at least 4 members (excludes halogenated alkanes) is 26. The lowest BCUT2D eigenvalue weighted by Crippen LogP contribution is -2.43. The first kappa shape index (κ1) is 68.8. The van der Waals surface area contributed by atoms with Gasteiger partial charge in [-0.15, -0.1) is 0 Å². The molecule has 0 aliphatic carbocycles. The third-order valence-electron chi connectivity index (χ3n) is 13.7. The highest BCUT2D eigenvalue weighted by Crippen LogP contribution is 2.34. The number of carbonyl (C=O) groups is 3. The van der Waals surface area contributed by atoms with Crippen molar-refractivity contribution in [1.29, 1.82) is 0 Å². The normalized spacial score (nSPS) is 13.6. The number of hydrogen-bond acceptors (Lipinski definition) is 6. The number of alkyl halides is 8. The van der Waals surface area contributed by atoms with Crippen molar-refractivity contribution in [3.63, 3.8) is 0 Å². The molecule has 0 radical (unpaired) electrons. The Morgan fingerprint density at radius 3 is 1.01 bits per heavy atom. The Hall–Kier alpha value is -2.19. The van der Waals surface area contributed by atoms with Crippen molar-refractivity contribution in [2.45, 2.75) is 314 Å². The van der Waals surface area contributed by atoms with Gasteiger partial charge >= 0.3 is 36.6 Å². The van der Waals surface area contributed by atoms with E-state index in [-0.39, 0.29) is 37.6 Å². The summed E-state index contributed by atoms with van der Waals surface area (Å²) >= 11 is 0. The van der Waals surface area contributed by atoms with E-state index in [9.17, 15) is 49.5 Å². The highest BCUT2D eigenvalue weighted by Gasteiger charge is 2.51. The number of ether oxygens (including phenoxy) is 2. The molecule has 0 aromatic rings. The molecule has 0 aromatic carbocycles. The van der Waals surface area contributed by atoms with Crippen molar-refractivity contribution in [1.82, 2.24) is 9.80 Å². The molecule has 1 amide bonds. The summed E-state index contributed by atoms with van der Waals surface area (Å²) in [4.78, 5) is 43.1. The van der Waals surface area contributed by atoms with Crippen molar-refractivity contribution in [2.24, 2.45) is 0 Å². The van der Waals surface area contributed by atoms with Gasteiger partial charge in [0.2, 0.25) is 5.91 Å². The quantitative estimate of drug-likeness (QED) is 0.0343. The predicted molar refractivity (Wildman–Crippen MR) is 273 cm³/mol. The highest BCUT2D eigenvalue weighted by molar-refractivity contribution is 5.76. The van der Waals surface area contributed by atoms with E-state index < -0.39 is 48.8 Å². The van der Waals surface area contributed by atoms with Crippen LogP contribution in [0.3, 0.4) is 0 Å². The maximum absolute atomic E-state index is 14.3. The zero-order valence-corrected chi connectivity index (χ0v) is 45.3. The zero-order valence-electron chi connectivity index (χ0n) is 45.3. The number of hydrogen-bond donors (Lipinski definition) is 0. The van der Waals surface area contributed by atoms with Gasteiger partial charge in [0.05, 0.1) is 0 Å². The summed E-state index contributed by atoms with van der Waals surface area (Å²) in [6.07, 6.45) is 16.6. The second-order valence-corrected chi connectivity index (χ2v) is 20.6. The number of nitrogens with zero attached hydrogens (tertiary/aromatic N) is 2. The molecule has 0 saturated carbocycles. The van der Waals surface area contributed by atoms with Crippen LogP contribution in [0.5, 0.6) is 0 Å². The SMILES string of the molecule is CCCCCCCCCC(OC(=O)CCCCCCCCC(CCCCCCCCC(=O)OC(CCCCCCCCC)C(F)(F)C(F)F)N(CCCN(C)C)C(=O)CCCCCCC)C(F)(F)C(F)F. The molecule has 0 aromatic heterocycles. The molecule has 2 unspecified atom stereocenters. The van der Waals surface area contributed by atoms with E-state index in [2.05, 4.69) is 30.6 Å². The van der Waals surface area contributed by atoms with Crippen LogP contribution in [0, 0.1) is 0 Å². The Bertz CT molecular complexity index is 1210. The van der Waals surface area contributed by atoms with Gasteiger partial charge < -0.3 is 19.3 Å². The van der Waals surface area contributed by atoms with Crippen molar-refractivity contribution in [3.05, 3.63) is 0 Å². The molecule has 0 bridgehead atoms. The van der Waals surface area contributed by atoms with E-state index >= 15 is 0 Å². The van der Waals surface area contributed by atoms with Crippen LogP contribution in [-0.2, 0) is 23.9 Å². The van der Waals surface area contributed by atoms with Gasteiger partial charge in [0.15, 0.2) is 12.2 Å². The minimum absolute atomic E-state index is 0.0746. The van der Waals surface area contributed by atoms with Gasteiger partial charge in [-0.05, 0) is 84.8 Å². The smallest absolute Gasteiger partial charge is 0.343 e. The Kier molecular flexibility index (Phi) is 42.8. The molecule has 0 heterocycles. The molecule has 0 spiro atoms. The van der Waals surface area contributed by atoms with E-state index in [1.807, 2.05) is 14.1 Å². The molecule has 0 N–H and O–H groups in total. The fourth-order valence-corrected chi connectivity index (χ4v) is 9.21. The van der Waals surface area contributed by atoms with Crippen molar-refractivity contribution in [2.75, 3.05) is 27.2 Å². The van der Waals surface area contributed by atoms with Gasteiger partial charge in [-0.1, -0.05) is 188 Å². The second-order valence-electron chi connectivity index (χ2n) is 20.6. The minimum atomic E-state index is -4.40. The summed E-state index contributed by atoms with van der Waals surface area (Å²) in [5, 5.41) is 0. The molecule has 0 aliphatic rings. The highest BCUT2D eigenvalue weighted by atomic mass is 19.3. The minimum Gasteiger partial charge on any atom is -0.456 e. The van der Waals surface area contributed by atoms with Crippen LogP contribution >= 0.6 is 0 Å². The van der Waals surface area contributed by atoms with Crippen molar-refractivity contribution >= 4 is 17.8 Å². The molecule has 0 rings (SSSR count). The summed E-state index contributed by atoms with van der Waals surface area (Å²) in [6.45, 7) is 7.89. The molecule has 0 aliphatic heterocycles. The molecule has 15 heteroatoms. The molecule has 0 fully saturated rings. The third-order valence-corrected chi connectivity index (χ3v) is 13.7. The first-order valence-electron chi connectivity index (χ1n) is 28.6. The van der Waals surface area contributed by atoms with Crippen LogP contribution in [0.2, 0.25) is 0 Å². The van der Waals surface area contributed by atoms with Crippen LogP contribution in [0.4, 0.5) is 35.1 Å².